The van der Waals surface area contributed by atoms with Gasteiger partial charge in [-0.3, -0.25) is 19.5 Å². The lowest BCUT2D eigenvalue weighted by atomic mass is 10.1. The van der Waals surface area contributed by atoms with Crippen LogP contribution in [0.3, 0.4) is 0 Å². The number of aryl methyl sites for hydroxylation is 2. The summed E-state index contributed by atoms with van der Waals surface area (Å²) in [5, 5.41) is 4.35. The molecule has 3 rings (SSSR count). The molecule has 0 N–H and O–H groups in total. The van der Waals surface area contributed by atoms with Crippen molar-refractivity contribution in [3.8, 4) is 0 Å². The zero-order chi connectivity index (χ0) is 12.5. The molecule has 1 aliphatic rings. The molecule has 94 valence electrons. The van der Waals surface area contributed by atoms with Crippen molar-refractivity contribution in [1.82, 2.24) is 24.6 Å². The van der Waals surface area contributed by atoms with Crippen molar-refractivity contribution in [2.24, 2.45) is 0 Å². The van der Waals surface area contributed by atoms with Crippen molar-refractivity contribution in [1.29, 1.82) is 0 Å². The second-order valence-corrected chi connectivity index (χ2v) is 4.99. The molecule has 1 aliphatic heterocycles. The first-order chi connectivity index (χ1) is 8.70. The molecule has 5 heteroatoms. The molecule has 5 nitrogen and oxygen atoms in total. The Morgan fingerprint density at radius 1 is 1.17 bits per heavy atom. The van der Waals surface area contributed by atoms with Gasteiger partial charge >= 0.3 is 0 Å². The third-order valence-electron chi connectivity index (χ3n) is 3.26. The van der Waals surface area contributed by atoms with Crippen LogP contribution < -0.4 is 0 Å². The fourth-order valence-corrected chi connectivity index (χ4v) is 2.20. The van der Waals surface area contributed by atoms with E-state index in [-0.39, 0.29) is 0 Å². The molecule has 0 saturated carbocycles. The van der Waals surface area contributed by atoms with Crippen molar-refractivity contribution in [3.05, 3.63) is 41.7 Å². The third-order valence-corrected chi connectivity index (χ3v) is 3.26. The fourth-order valence-electron chi connectivity index (χ4n) is 2.20. The molecule has 0 aliphatic carbocycles. The van der Waals surface area contributed by atoms with Gasteiger partial charge in [-0.1, -0.05) is 0 Å². The summed E-state index contributed by atoms with van der Waals surface area (Å²) in [6.45, 7) is 6.98. The van der Waals surface area contributed by atoms with E-state index in [0.717, 1.165) is 31.0 Å². The fraction of sp³-hybridized carbons (Fsp3) is 0.462. The lowest BCUT2D eigenvalue weighted by Crippen LogP contribution is -2.47. The van der Waals surface area contributed by atoms with Gasteiger partial charge in [0.25, 0.3) is 0 Å². The van der Waals surface area contributed by atoms with Crippen molar-refractivity contribution < 1.29 is 0 Å². The summed E-state index contributed by atoms with van der Waals surface area (Å²) in [5.74, 6) is 0. The highest BCUT2D eigenvalue weighted by molar-refractivity contribution is 5.04. The standard InChI is InChI=1S/C13H17N5/c1-10-3-16-18(6-10)13-8-17(9-13)7-12-5-14-11(2)4-15-12/h3-6,13H,7-9H2,1-2H3. The van der Waals surface area contributed by atoms with Gasteiger partial charge in [-0.05, 0) is 19.4 Å². The first-order valence-corrected chi connectivity index (χ1v) is 6.21. The van der Waals surface area contributed by atoms with Crippen molar-refractivity contribution in [2.45, 2.75) is 26.4 Å². The van der Waals surface area contributed by atoms with E-state index in [4.69, 9.17) is 0 Å². The molecule has 0 amide bonds. The van der Waals surface area contributed by atoms with Gasteiger partial charge < -0.3 is 0 Å². The van der Waals surface area contributed by atoms with E-state index in [2.05, 4.69) is 37.8 Å². The smallest absolute Gasteiger partial charge is 0.0773 e. The number of likely N-dealkylation sites (tertiary alicyclic amines) is 1. The second-order valence-electron chi connectivity index (χ2n) is 4.99. The maximum Gasteiger partial charge on any atom is 0.0773 e. The van der Waals surface area contributed by atoms with Crippen LogP contribution in [0.15, 0.2) is 24.8 Å². The molecule has 1 saturated heterocycles. The average molecular weight is 243 g/mol. The van der Waals surface area contributed by atoms with Gasteiger partial charge in [-0.25, -0.2) is 0 Å². The van der Waals surface area contributed by atoms with E-state index in [1.54, 1.807) is 0 Å². The maximum atomic E-state index is 4.38. The Balaban J connectivity index is 1.55. The highest BCUT2D eigenvalue weighted by Crippen LogP contribution is 2.22. The van der Waals surface area contributed by atoms with Gasteiger partial charge in [-0.15, -0.1) is 0 Å². The Morgan fingerprint density at radius 3 is 2.61 bits per heavy atom. The van der Waals surface area contributed by atoms with Gasteiger partial charge in [-0.2, -0.15) is 5.10 Å². The number of rotatable bonds is 3. The van der Waals surface area contributed by atoms with E-state index in [9.17, 15) is 0 Å². The zero-order valence-corrected chi connectivity index (χ0v) is 10.7. The Bertz CT molecular complexity index is 525. The van der Waals surface area contributed by atoms with E-state index in [1.165, 1.54) is 5.56 Å². The number of nitrogens with zero attached hydrogens (tertiary/aromatic N) is 5. The number of hydrogen-bond donors (Lipinski definition) is 0. The Morgan fingerprint density at radius 2 is 2.00 bits per heavy atom. The highest BCUT2D eigenvalue weighted by atomic mass is 15.4. The molecule has 3 heterocycles. The summed E-state index contributed by atoms with van der Waals surface area (Å²) in [7, 11) is 0. The monoisotopic (exact) mass is 243 g/mol. The molecule has 2 aromatic rings. The molecule has 0 radical (unpaired) electrons. The summed E-state index contributed by atoms with van der Waals surface area (Å²) in [6, 6.07) is 0.511. The van der Waals surface area contributed by atoms with E-state index >= 15 is 0 Å². The Labute approximate surface area is 106 Å². The van der Waals surface area contributed by atoms with Crippen LogP contribution in [-0.2, 0) is 6.54 Å². The SMILES string of the molecule is Cc1cnn(C2CN(Cc3cnc(C)cn3)C2)c1. The zero-order valence-electron chi connectivity index (χ0n) is 10.7. The van der Waals surface area contributed by atoms with Crippen molar-refractivity contribution in [3.63, 3.8) is 0 Å². The molecule has 0 atom stereocenters. The minimum atomic E-state index is 0.511. The second kappa shape index (κ2) is 4.49. The molecule has 0 aromatic carbocycles. The van der Waals surface area contributed by atoms with Crippen LogP contribution in [0, 0.1) is 13.8 Å². The van der Waals surface area contributed by atoms with Gasteiger partial charge in [0, 0.05) is 38.2 Å². The van der Waals surface area contributed by atoms with Crippen LogP contribution in [0.25, 0.3) is 0 Å². The van der Waals surface area contributed by atoms with Gasteiger partial charge in [0.2, 0.25) is 0 Å². The summed E-state index contributed by atoms with van der Waals surface area (Å²) in [5.41, 5.74) is 3.22. The summed E-state index contributed by atoms with van der Waals surface area (Å²) in [4.78, 5) is 11.0. The minimum Gasteiger partial charge on any atom is -0.293 e. The molecule has 0 spiro atoms. The van der Waals surface area contributed by atoms with Crippen molar-refractivity contribution in [2.75, 3.05) is 13.1 Å². The third kappa shape index (κ3) is 2.26. The average Bonchev–Trinajstić information content (AvgIpc) is 2.72. The van der Waals surface area contributed by atoms with Gasteiger partial charge in [0.1, 0.15) is 0 Å². The normalized spacial score (nSPS) is 16.8. The summed E-state index contributed by atoms with van der Waals surface area (Å²) >= 11 is 0. The molecule has 2 aromatic heterocycles. The van der Waals surface area contributed by atoms with Crippen LogP contribution in [0.4, 0.5) is 0 Å². The van der Waals surface area contributed by atoms with E-state index < -0.39 is 0 Å². The van der Waals surface area contributed by atoms with Crippen LogP contribution in [0.2, 0.25) is 0 Å². The van der Waals surface area contributed by atoms with E-state index in [0.29, 0.717) is 6.04 Å². The molecule has 0 unspecified atom stereocenters. The Kier molecular flexibility index (Phi) is 2.83. The van der Waals surface area contributed by atoms with Crippen LogP contribution in [0.1, 0.15) is 23.0 Å². The van der Waals surface area contributed by atoms with Crippen LogP contribution in [0.5, 0.6) is 0 Å². The Hall–Kier alpha value is -1.75. The van der Waals surface area contributed by atoms with Crippen molar-refractivity contribution >= 4 is 0 Å². The highest BCUT2D eigenvalue weighted by Gasteiger charge is 2.28. The van der Waals surface area contributed by atoms with Gasteiger partial charge in [0.05, 0.1) is 23.6 Å². The van der Waals surface area contributed by atoms with E-state index in [1.807, 2.05) is 25.5 Å². The van der Waals surface area contributed by atoms with Gasteiger partial charge in [0.15, 0.2) is 0 Å². The number of hydrogen-bond acceptors (Lipinski definition) is 4. The van der Waals surface area contributed by atoms with Crippen LogP contribution in [-0.4, -0.2) is 37.7 Å². The predicted octanol–water partition coefficient (Wildman–Crippen LogP) is 1.35. The molecule has 18 heavy (non-hydrogen) atoms. The quantitative estimate of drug-likeness (QED) is 0.816. The topological polar surface area (TPSA) is 46.8 Å². The maximum absolute atomic E-state index is 4.38. The molecule has 0 bridgehead atoms. The van der Waals surface area contributed by atoms with Crippen LogP contribution >= 0.6 is 0 Å². The lowest BCUT2D eigenvalue weighted by molar-refractivity contribution is 0.0894. The first-order valence-electron chi connectivity index (χ1n) is 6.21. The summed E-state index contributed by atoms with van der Waals surface area (Å²) < 4.78 is 2.06. The first kappa shape index (κ1) is 11.3. The number of aromatic nitrogens is 4. The predicted molar refractivity (Wildman–Crippen MR) is 68.0 cm³/mol. The lowest BCUT2D eigenvalue weighted by Gasteiger charge is -2.38. The minimum absolute atomic E-state index is 0.511. The molecular formula is C13H17N5. The largest absolute Gasteiger partial charge is 0.293 e. The molecular weight excluding hydrogens is 226 g/mol. The summed E-state index contributed by atoms with van der Waals surface area (Å²) in [6.07, 6.45) is 7.70. The molecule has 1 fully saturated rings.